The van der Waals surface area contributed by atoms with E-state index in [0.717, 1.165) is 11.8 Å². The molecule has 0 unspecified atom stereocenters. The van der Waals surface area contributed by atoms with Crippen LogP contribution in [0.5, 0.6) is 0 Å². The Balaban J connectivity index is 1.75. The second-order valence-electron chi connectivity index (χ2n) is 6.56. The summed E-state index contributed by atoms with van der Waals surface area (Å²) in [5.41, 5.74) is 0. The van der Waals surface area contributed by atoms with Gasteiger partial charge in [0, 0.05) is 0 Å². The molecule has 2 aliphatic rings. The molecule has 0 heterocycles. The average molecular weight is 236 g/mol. The van der Waals surface area contributed by atoms with Crippen LogP contribution in [0, 0.1) is 11.8 Å². The molecular weight excluding hydrogens is 204 g/mol. The minimum atomic E-state index is 1.11. The van der Waals surface area contributed by atoms with Gasteiger partial charge < -0.3 is 0 Å². The molecule has 100 valence electrons. The van der Waals surface area contributed by atoms with Crippen LogP contribution in [0.3, 0.4) is 0 Å². The molecule has 0 aromatic rings. The normalized spacial score (nSPS) is 27.5. The van der Waals surface area contributed by atoms with Crippen molar-refractivity contribution in [3.63, 3.8) is 0 Å². The van der Waals surface area contributed by atoms with Crippen LogP contribution in [0.2, 0.25) is 0 Å². The maximum atomic E-state index is 1.56. The number of hydrogen-bond acceptors (Lipinski definition) is 0. The van der Waals surface area contributed by atoms with Crippen molar-refractivity contribution >= 4 is 0 Å². The Hall–Kier alpha value is 0. The van der Waals surface area contributed by atoms with Crippen molar-refractivity contribution in [2.75, 3.05) is 0 Å². The summed E-state index contributed by atoms with van der Waals surface area (Å²) in [4.78, 5) is 0. The van der Waals surface area contributed by atoms with Gasteiger partial charge >= 0.3 is 0 Å². The highest BCUT2D eigenvalue weighted by Crippen LogP contribution is 2.37. The van der Waals surface area contributed by atoms with Crippen molar-refractivity contribution in [2.24, 2.45) is 11.8 Å². The van der Waals surface area contributed by atoms with E-state index in [1.54, 1.807) is 25.7 Å². The summed E-state index contributed by atoms with van der Waals surface area (Å²) in [5.74, 6) is 2.23. The van der Waals surface area contributed by atoms with Gasteiger partial charge in [-0.2, -0.15) is 0 Å². The Morgan fingerprint density at radius 2 is 0.529 bits per heavy atom. The van der Waals surface area contributed by atoms with Crippen LogP contribution in [0.4, 0.5) is 0 Å². The van der Waals surface area contributed by atoms with E-state index < -0.39 is 0 Å². The van der Waals surface area contributed by atoms with E-state index in [4.69, 9.17) is 0 Å². The predicted molar refractivity (Wildman–Crippen MR) is 76.2 cm³/mol. The van der Waals surface area contributed by atoms with Gasteiger partial charge in [-0.05, 0) is 11.8 Å². The quantitative estimate of drug-likeness (QED) is 0.516. The van der Waals surface area contributed by atoms with E-state index >= 15 is 0 Å². The van der Waals surface area contributed by atoms with Crippen molar-refractivity contribution in [1.82, 2.24) is 0 Å². The lowest BCUT2D eigenvalue weighted by Gasteiger charge is -2.24. The molecule has 0 heteroatoms. The molecule has 0 bridgehead atoms. The topological polar surface area (TPSA) is 0 Å². The third-order valence-corrected chi connectivity index (χ3v) is 5.22. The predicted octanol–water partition coefficient (Wildman–Crippen LogP) is 6.10. The zero-order chi connectivity index (χ0) is 11.8. The van der Waals surface area contributed by atoms with E-state index in [-0.39, 0.29) is 0 Å². The summed E-state index contributed by atoms with van der Waals surface area (Å²) in [5, 5.41) is 0. The Kier molecular flexibility index (Phi) is 6.45. The summed E-state index contributed by atoms with van der Waals surface area (Å²) < 4.78 is 0. The van der Waals surface area contributed by atoms with E-state index in [9.17, 15) is 0 Å². The first-order valence-corrected chi connectivity index (χ1v) is 8.47. The standard InChI is InChI=1S/C17H32/c1-2-4-6-8-12-16(13-9-7-5-3-1)17-14-10-11-15-17/h16-17H,1-15H2. The maximum absolute atomic E-state index is 1.56. The number of hydrogen-bond donors (Lipinski definition) is 0. The van der Waals surface area contributed by atoms with Gasteiger partial charge in [0.25, 0.3) is 0 Å². The van der Waals surface area contributed by atoms with Crippen LogP contribution in [0.25, 0.3) is 0 Å². The monoisotopic (exact) mass is 236 g/mol. The Labute approximate surface area is 109 Å². The van der Waals surface area contributed by atoms with E-state index in [2.05, 4.69) is 0 Å². The average Bonchev–Trinajstić information content (AvgIpc) is 2.83. The van der Waals surface area contributed by atoms with E-state index in [1.165, 1.54) is 70.6 Å². The van der Waals surface area contributed by atoms with Crippen LogP contribution < -0.4 is 0 Å². The van der Waals surface area contributed by atoms with Crippen molar-refractivity contribution in [3.05, 3.63) is 0 Å². The van der Waals surface area contributed by atoms with Crippen LogP contribution in [-0.4, -0.2) is 0 Å². The van der Waals surface area contributed by atoms with Crippen LogP contribution in [0.15, 0.2) is 0 Å². The molecule has 17 heavy (non-hydrogen) atoms. The zero-order valence-corrected chi connectivity index (χ0v) is 11.8. The minimum absolute atomic E-state index is 1.11. The lowest BCUT2D eigenvalue weighted by atomic mass is 9.82. The molecule has 2 aliphatic carbocycles. The fourth-order valence-electron chi connectivity index (χ4n) is 4.10. The van der Waals surface area contributed by atoms with Crippen LogP contribution >= 0.6 is 0 Å². The molecule has 0 atom stereocenters. The fourth-order valence-corrected chi connectivity index (χ4v) is 4.10. The first-order chi connectivity index (χ1) is 8.47. The summed E-state index contributed by atoms with van der Waals surface area (Å²) in [7, 11) is 0. The van der Waals surface area contributed by atoms with E-state index in [1.807, 2.05) is 0 Å². The first kappa shape index (κ1) is 13.4. The second-order valence-corrected chi connectivity index (χ2v) is 6.56. The Morgan fingerprint density at radius 1 is 0.294 bits per heavy atom. The molecule has 2 saturated carbocycles. The van der Waals surface area contributed by atoms with Gasteiger partial charge in [-0.1, -0.05) is 96.3 Å². The highest BCUT2D eigenvalue weighted by atomic mass is 14.3. The van der Waals surface area contributed by atoms with Gasteiger partial charge in [0.05, 0.1) is 0 Å². The van der Waals surface area contributed by atoms with Crippen molar-refractivity contribution in [3.8, 4) is 0 Å². The molecule has 0 saturated heterocycles. The molecule has 0 N–H and O–H groups in total. The zero-order valence-electron chi connectivity index (χ0n) is 11.8. The third kappa shape index (κ3) is 5.02. The van der Waals surface area contributed by atoms with Gasteiger partial charge in [0.1, 0.15) is 0 Å². The molecule has 2 rings (SSSR count). The minimum Gasteiger partial charge on any atom is -0.0533 e. The largest absolute Gasteiger partial charge is 0.0533 e. The number of rotatable bonds is 1. The van der Waals surface area contributed by atoms with Gasteiger partial charge in [0.15, 0.2) is 0 Å². The maximum Gasteiger partial charge on any atom is -0.0386 e. The van der Waals surface area contributed by atoms with Gasteiger partial charge in [-0.15, -0.1) is 0 Å². The molecule has 0 amide bonds. The van der Waals surface area contributed by atoms with Crippen molar-refractivity contribution in [1.29, 1.82) is 0 Å². The third-order valence-electron chi connectivity index (χ3n) is 5.22. The summed E-state index contributed by atoms with van der Waals surface area (Å²) in [6.07, 6.45) is 22.9. The van der Waals surface area contributed by atoms with Gasteiger partial charge in [-0.25, -0.2) is 0 Å². The summed E-state index contributed by atoms with van der Waals surface area (Å²) in [6.45, 7) is 0. The van der Waals surface area contributed by atoms with Crippen molar-refractivity contribution in [2.45, 2.75) is 96.3 Å². The van der Waals surface area contributed by atoms with Gasteiger partial charge in [0.2, 0.25) is 0 Å². The van der Waals surface area contributed by atoms with Gasteiger partial charge in [-0.3, -0.25) is 0 Å². The SMILES string of the molecule is C1CCCCCC(C2CCCC2)CCCCC1. The molecule has 0 aliphatic heterocycles. The lowest BCUT2D eigenvalue weighted by molar-refractivity contribution is 0.279. The highest BCUT2D eigenvalue weighted by Gasteiger charge is 2.24. The lowest BCUT2D eigenvalue weighted by Crippen LogP contribution is -2.12. The molecule has 0 nitrogen and oxygen atoms in total. The fraction of sp³-hybridized carbons (Fsp3) is 1.00. The molecule has 0 aromatic carbocycles. The highest BCUT2D eigenvalue weighted by molar-refractivity contribution is 4.76. The van der Waals surface area contributed by atoms with Crippen molar-refractivity contribution < 1.29 is 0 Å². The summed E-state index contributed by atoms with van der Waals surface area (Å²) in [6, 6.07) is 0. The first-order valence-electron chi connectivity index (χ1n) is 8.47. The van der Waals surface area contributed by atoms with E-state index in [0.29, 0.717) is 0 Å². The molecule has 0 aromatic heterocycles. The molecule has 0 radical (unpaired) electrons. The summed E-state index contributed by atoms with van der Waals surface area (Å²) >= 11 is 0. The Bertz CT molecular complexity index is 166. The molecular formula is C17H32. The molecule has 2 fully saturated rings. The van der Waals surface area contributed by atoms with Crippen LogP contribution in [-0.2, 0) is 0 Å². The Morgan fingerprint density at radius 3 is 0.882 bits per heavy atom. The second kappa shape index (κ2) is 8.16. The smallest absolute Gasteiger partial charge is 0.0386 e. The van der Waals surface area contributed by atoms with Crippen LogP contribution in [0.1, 0.15) is 96.3 Å². The molecule has 0 spiro atoms.